The second kappa shape index (κ2) is 6.58. The summed E-state index contributed by atoms with van der Waals surface area (Å²) in [5.74, 6) is -0.413. The molecule has 0 atom stereocenters. The molecule has 3 rings (SSSR count). The van der Waals surface area contributed by atoms with E-state index in [1.165, 1.54) is 6.08 Å². The van der Waals surface area contributed by atoms with E-state index in [4.69, 9.17) is 11.6 Å². The van der Waals surface area contributed by atoms with Gasteiger partial charge in [0.1, 0.15) is 11.4 Å². The van der Waals surface area contributed by atoms with Crippen LogP contribution in [0.3, 0.4) is 0 Å². The number of nitrogens with zero attached hydrogens (tertiary/aromatic N) is 1. The minimum absolute atomic E-state index is 0.0572. The minimum Gasteiger partial charge on any atom is -0.506 e. The quantitative estimate of drug-likeness (QED) is 0.493. The number of amides is 3. The lowest BCUT2D eigenvalue weighted by molar-refractivity contribution is -0.113. The molecule has 1 heterocycles. The highest BCUT2D eigenvalue weighted by Gasteiger charge is 2.34. The first kappa shape index (κ1) is 17.0. The molecule has 0 radical (unpaired) electrons. The molecule has 0 saturated carbocycles. The molecule has 1 aliphatic rings. The Balaban J connectivity index is 1.95. The van der Waals surface area contributed by atoms with Crippen molar-refractivity contribution in [3.8, 4) is 5.75 Å². The summed E-state index contributed by atoms with van der Waals surface area (Å²) in [6, 6.07) is 9.13. The van der Waals surface area contributed by atoms with Gasteiger partial charge in [-0.3, -0.25) is 4.79 Å². The minimum atomic E-state index is -0.537. The fourth-order valence-corrected chi connectivity index (χ4v) is 3.54. The van der Waals surface area contributed by atoms with Gasteiger partial charge in [0.2, 0.25) is 0 Å². The Kier molecular flexibility index (Phi) is 4.67. The van der Waals surface area contributed by atoms with Crippen LogP contribution < -0.4 is 10.2 Å². The highest BCUT2D eigenvalue weighted by molar-refractivity contribution is 9.11. The molecule has 8 heteroatoms. The van der Waals surface area contributed by atoms with Gasteiger partial charge in [-0.1, -0.05) is 11.6 Å². The molecule has 5 nitrogen and oxygen atoms in total. The SMILES string of the molecule is O=C1N/C(=C\c2cc(Br)c(O)c(Br)c2)C(=O)N1c1ccc(Cl)cc1. The van der Waals surface area contributed by atoms with Crippen molar-refractivity contribution in [2.24, 2.45) is 0 Å². The first-order valence-electron chi connectivity index (χ1n) is 6.67. The van der Waals surface area contributed by atoms with Crippen molar-refractivity contribution in [2.75, 3.05) is 4.90 Å². The standard InChI is InChI=1S/C16H9Br2ClN2O3/c17-11-5-8(6-12(18)14(11)22)7-13-15(23)21(16(24)20-13)10-3-1-9(19)2-4-10/h1-7,22H,(H,20,24)/b13-7-. The van der Waals surface area contributed by atoms with E-state index in [0.717, 1.165) is 4.90 Å². The van der Waals surface area contributed by atoms with Crippen molar-refractivity contribution in [3.05, 3.63) is 61.6 Å². The van der Waals surface area contributed by atoms with Gasteiger partial charge in [0.25, 0.3) is 5.91 Å². The van der Waals surface area contributed by atoms with E-state index in [1.807, 2.05) is 0 Å². The van der Waals surface area contributed by atoms with Crippen LogP contribution in [-0.4, -0.2) is 17.0 Å². The number of aromatic hydroxyl groups is 1. The molecule has 24 heavy (non-hydrogen) atoms. The summed E-state index contributed by atoms with van der Waals surface area (Å²) in [5.41, 5.74) is 1.20. The second-order valence-electron chi connectivity index (χ2n) is 4.94. The molecule has 1 fully saturated rings. The van der Waals surface area contributed by atoms with Crippen LogP contribution in [0.2, 0.25) is 5.02 Å². The van der Waals surface area contributed by atoms with Gasteiger partial charge in [-0.2, -0.15) is 0 Å². The molecule has 0 aromatic heterocycles. The molecule has 2 aromatic carbocycles. The zero-order valence-electron chi connectivity index (χ0n) is 11.9. The van der Waals surface area contributed by atoms with Gasteiger partial charge < -0.3 is 10.4 Å². The number of hydrogen-bond acceptors (Lipinski definition) is 3. The molecular weight excluding hydrogens is 463 g/mol. The van der Waals surface area contributed by atoms with Crippen LogP contribution >= 0.6 is 43.5 Å². The summed E-state index contributed by atoms with van der Waals surface area (Å²) in [6.45, 7) is 0. The summed E-state index contributed by atoms with van der Waals surface area (Å²) < 4.78 is 0.935. The van der Waals surface area contributed by atoms with Gasteiger partial charge in [-0.05, 0) is 79.9 Å². The Hall–Kier alpha value is -1.83. The number of imide groups is 1. The number of rotatable bonds is 2. The van der Waals surface area contributed by atoms with Crippen molar-refractivity contribution < 1.29 is 14.7 Å². The summed E-state index contributed by atoms with van der Waals surface area (Å²) in [7, 11) is 0. The van der Waals surface area contributed by atoms with Crippen molar-refractivity contribution in [3.63, 3.8) is 0 Å². The first-order valence-corrected chi connectivity index (χ1v) is 8.64. The Bertz CT molecular complexity index is 858. The first-order chi connectivity index (χ1) is 11.4. The van der Waals surface area contributed by atoms with Gasteiger partial charge in [0, 0.05) is 5.02 Å². The summed E-state index contributed by atoms with van der Waals surface area (Å²) in [4.78, 5) is 25.7. The third kappa shape index (κ3) is 3.19. The average Bonchev–Trinajstić information content (AvgIpc) is 2.80. The Morgan fingerprint density at radius 1 is 1.08 bits per heavy atom. The van der Waals surface area contributed by atoms with Gasteiger partial charge in [0.15, 0.2) is 0 Å². The highest BCUT2D eigenvalue weighted by Crippen LogP contribution is 2.34. The highest BCUT2D eigenvalue weighted by atomic mass is 79.9. The molecule has 1 aliphatic heterocycles. The Morgan fingerprint density at radius 3 is 2.25 bits per heavy atom. The van der Waals surface area contributed by atoms with Crippen LogP contribution in [0.25, 0.3) is 6.08 Å². The van der Waals surface area contributed by atoms with Crippen molar-refractivity contribution in [1.29, 1.82) is 0 Å². The molecule has 2 N–H and O–H groups in total. The van der Waals surface area contributed by atoms with E-state index < -0.39 is 11.9 Å². The molecule has 0 bridgehead atoms. The number of phenolic OH excluding ortho intramolecular Hbond substituents is 1. The van der Waals surface area contributed by atoms with Gasteiger partial charge in [0.05, 0.1) is 14.6 Å². The van der Waals surface area contributed by atoms with E-state index in [9.17, 15) is 14.7 Å². The monoisotopic (exact) mass is 470 g/mol. The molecule has 0 unspecified atom stereocenters. The summed E-state index contributed by atoms with van der Waals surface area (Å²) in [6.07, 6.45) is 1.53. The van der Waals surface area contributed by atoms with Crippen LogP contribution in [0.4, 0.5) is 10.5 Å². The predicted octanol–water partition coefficient (Wildman–Crippen LogP) is 4.67. The van der Waals surface area contributed by atoms with E-state index >= 15 is 0 Å². The van der Waals surface area contributed by atoms with Gasteiger partial charge >= 0.3 is 6.03 Å². The average molecular weight is 473 g/mol. The van der Waals surface area contributed by atoms with E-state index in [2.05, 4.69) is 37.2 Å². The third-order valence-corrected chi connectivity index (χ3v) is 4.77. The maximum Gasteiger partial charge on any atom is 0.333 e. The number of nitrogens with one attached hydrogen (secondary N) is 1. The van der Waals surface area contributed by atoms with Crippen LogP contribution in [0.1, 0.15) is 5.56 Å². The van der Waals surface area contributed by atoms with Crippen molar-refractivity contribution in [1.82, 2.24) is 5.32 Å². The third-order valence-electron chi connectivity index (χ3n) is 3.31. The second-order valence-corrected chi connectivity index (χ2v) is 7.08. The molecule has 0 spiro atoms. The number of anilines is 1. The molecule has 0 aliphatic carbocycles. The van der Waals surface area contributed by atoms with Crippen LogP contribution in [-0.2, 0) is 4.79 Å². The normalized spacial score (nSPS) is 16.0. The van der Waals surface area contributed by atoms with E-state index in [0.29, 0.717) is 25.2 Å². The largest absolute Gasteiger partial charge is 0.506 e. The number of carbonyl (C=O) groups is 2. The fourth-order valence-electron chi connectivity index (χ4n) is 2.19. The van der Waals surface area contributed by atoms with Crippen molar-refractivity contribution >= 4 is 67.2 Å². The summed E-state index contributed by atoms with van der Waals surface area (Å²) >= 11 is 12.3. The number of carbonyl (C=O) groups excluding carboxylic acids is 2. The summed E-state index contributed by atoms with van der Waals surface area (Å²) in [5, 5.41) is 12.8. The predicted molar refractivity (Wildman–Crippen MR) is 99.0 cm³/mol. The molecule has 3 amide bonds. The van der Waals surface area contributed by atoms with E-state index in [1.54, 1.807) is 36.4 Å². The molecular formula is C16H9Br2ClN2O3. The lowest BCUT2D eigenvalue weighted by Crippen LogP contribution is -2.30. The molecule has 2 aromatic rings. The lowest BCUT2D eigenvalue weighted by Gasteiger charge is -2.11. The van der Waals surface area contributed by atoms with Crippen LogP contribution in [0.5, 0.6) is 5.75 Å². The van der Waals surface area contributed by atoms with Crippen LogP contribution in [0.15, 0.2) is 51.0 Å². The van der Waals surface area contributed by atoms with Crippen LogP contribution in [0, 0.1) is 0 Å². The smallest absolute Gasteiger partial charge is 0.333 e. The Morgan fingerprint density at radius 2 is 1.67 bits per heavy atom. The zero-order valence-corrected chi connectivity index (χ0v) is 15.8. The Labute approximate surface area is 159 Å². The van der Waals surface area contributed by atoms with Gasteiger partial charge in [-0.15, -0.1) is 0 Å². The topological polar surface area (TPSA) is 69.6 Å². The number of phenols is 1. The lowest BCUT2D eigenvalue weighted by atomic mass is 10.2. The van der Waals surface area contributed by atoms with E-state index in [-0.39, 0.29) is 11.4 Å². The van der Waals surface area contributed by atoms with Crippen molar-refractivity contribution in [2.45, 2.75) is 0 Å². The number of hydrogen-bond donors (Lipinski definition) is 2. The maximum absolute atomic E-state index is 12.5. The molecule has 122 valence electrons. The van der Waals surface area contributed by atoms with Gasteiger partial charge in [-0.25, -0.2) is 9.69 Å². The fraction of sp³-hybridized carbons (Fsp3) is 0. The number of benzene rings is 2. The number of urea groups is 1. The zero-order chi connectivity index (χ0) is 17.4. The molecule has 1 saturated heterocycles. The number of halogens is 3. The maximum atomic E-state index is 12.5.